The van der Waals surface area contributed by atoms with Crippen molar-refractivity contribution in [3.05, 3.63) is 65.9 Å². The van der Waals surface area contributed by atoms with Crippen molar-refractivity contribution in [2.24, 2.45) is 0 Å². The Hall–Kier alpha value is -2.78. The molecule has 0 aliphatic rings. The van der Waals surface area contributed by atoms with Gasteiger partial charge >= 0.3 is 0 Å². The number of aliphatic hydroxyl groups is 1. The number of aromatic amines is 1. The second kappa shape index (κ2) is 6.77. The summed E-state index contributed by atoms with van der Waals surface area (Å²) in [5.74, 6) is -0.189. The molecule has 0 aliphatic heterocycles. The summed E-state index contributed by atoms with van der Waals surface area (Å²) in [6.45, 7) is 1.71. The molecule has 120 valence electrons. The van der Waals surface area contributed by atoms with Gasteiger partial charge in [0, 0.05) is 4.90 Å². The number of halogens is 1. The van der Waals surface area contributed by atoms with Gasteiger partial charge in [-0.2, -0.15) is 5.26 Å². The molecule has 0 aliphatic carbocycles. The number of H-pyrrole nitrogens is 1. The molecule has 2 N–H and O–H groups in total. The number of aromatic nitrogens is 2. The molecule has 0 spiro atoms. The third kappa shape index (κ3) is 3.12. The Balaban J connectivity index is 1.95. The van der Waals surface area contributed by atoms with Gasteiger partial charge in [0.15, 0.2) is 5.82 Å². The summed E-state index contributed by atoms with van der Waals surface area (Å²) in [4.78, 5) is 7.77. The summed E-state index contributed by atoms with van der Waals surface area (Å²) in [6.07, 6.45) is 0. The second-order valence-corrected chi connectivity index (χ2v) is 6.55. The van der Waals surface area contributed by atoms with Gasteiger partial charge in [0.1, 0.15) is 23.2 Å². The van der Waals surface area contributed by atoms with Crippen LogP contribution in [0.4, 0.5) is 4.39 Å². The molecule has 1 atom stereocenters. The van der Waals surface area contributed by atoms with Gasteiger partial charge < -0.3 is 10.1 Å². The normalized spacial score (nSPS) is 13.4. The maximum absolute atomic E-state index is 13.8. The van der Waals surface area contributed by atoms with E-state index in [1.165, 1.54) is 6.07 Å². The number of aliphatic hydroxyl groups excluding tert-OH is 1. The monoisotopic (exact) mass is 339 g/mol. The van der Waals surface area contributed by atoms with Crippen molar-refractivity contribution in [3.8, 4) is 6.07 Å². The molecule has 24 heavy (non-hydrogen) atoms. The van der Waals surface area contributed by atoms with E-state index in [4.69, 9.17) is 0 Å². The largest absolute Gasteiger partial charge is 0.510 e. The number of allylic oxidation sites excluding steroid dienone is 1. The van der Waals surface area contributed by atoms with Crippen molar-refractivity contribution < 1.29 is 9.50 Å². The van der Waals surface area contributed by atoms with Gasteiger partial charge in [-0.1, -0.05) is 24.3 Å². The highest BCUT2D eigenvalue weighted by molar-refractivity contribution is 8.00. The summed E-state index contributed by atoms with van der Waals surface area (Å²) in [7, 11) is 0. The zero-order chi connectivity index (χ0) is 17.1. The van der Waals surface area contributed by atoms with E-state index in [9.17, 15) is 14.8 Å². The summed E-state index contributed by atoms with van der Waals surface area (Å²) >= 11 is 1.15. The molecule has 2 aromatic carbocycles. The average Bonchev–Trinajstić information content (AvgIpc) is 3.01. The van der Waals surface area contributed by atoms with Gasteiger partial charge in [0.2, 0.25) is 0 Å². The van der Waals surface area contributed by atoms with Gasteiger partial charge in [-0.15, -0.1) is 11.8 Å². The van der Waals surface area contributed by atoms with Crippen molar-refractivity contribution in [3.63, 3.8) is 0 Å². The minimum atomic E-state index is -0.496. The van der Waals surface area contributed by atoms with Gasteiger partial charge in [0.25, 0.3) is 0 Å². The van der Waals surface area contributed by atoms with E-state index in [0.717, 1.165) is 17.3 Å². The molecule has 1 unspecified atom stereocenters. The van der Waals surface area contributed by atoms with Crippen LogP contribution < -0.4 is 0 Å². The quantitative estimate of drug-likeness (QED) is 0.411. The topological polar surface area (TPSA) is 72.7 Å². The molecule has 1 aromatic heterocycles. The Bertz CT molecular complexity index is 925. The minimum absolute atomic E-state index is 0.0579. The molecular weight excluding hydrogens is 325 g/mol. The van der Waals surface area contributed by atoms with Gasteiger partial charge in [-0.25, -0.2) is 9.37 Å². The number of nitriles is 1. The van der Waals surface area contributed by atoms with E-state index in [2.05, 4.69) is 9.97 Å². The Morgan fingerprint density at radius 3 is 2.67 bits per heavy atom. The fourth-order valence-corrected chi connectivity index (χ4v) is 3.24. The number of benzene rings is 2. The molecule has 6 heteroatoms. The van der Waals surface area contributed by atoms with Crippen LogP contribution in [0.15, 0.2) is 59.2 Å². The van der Waals surface area contributed by atoms with Crippen molar-refractivity contribution in [2.45, 2.75) is 17.1 Å². The van der Waals surface area contributed by atoms with Crippen LogP contribution in [0, 0.1) is 17.1 Å². The number of rotatable bonds is 4. The SMILES string of the molecule is CC(Sc1ccccc1F)/C(O)=C(/C#N)c1nc2ccccc2[nH]1. The van der Waals surface area contributed by atoms with Crippen LogP contribution in [-0.2, 0) is 0 Å². The predicted octanol–water partition coefficient (Wildman–Crippen LogP) is 4.68. The lowest BCUT2D eigenvalue weighted by atomic mass is 10.2. The molecule has 0 bridgehead atoms. The molecule has 3 rings (SSSR count). The molecule has 0 fully saturated rings. The van der Waals surface area contributed by atoms with Crippen LogP contribution in [0.25, 0.3) is 16.6 Å². The second-order valence-electron chi connectivity index (χ2n) is 5.17. The lowest BCUT2D eigenvalue weighted by Gasteiger charge is -2.12. The Morgan fingerprint density at radius 1 is 1.25 bits per heavy atom. The van der Waals surface area contributed by atoms with E-state index >= 15 is 0 Å². The molecule has 0 amide bonds. The highest BCUT2D eigenvalue weighted by atomic mass is 32.2. The number of hydrogen-bond acceptors (Lipinski definition) is 4. The molecule has 1 heterocycles. The highest BCUT2D eigenvalue weighted by Crippen LogP contribution is 2.31. The van der Waals surface area contributed by atoms with Crippen LogP contribution in [0.5, 0.6) is 0 Å². The number of thioether (sulfide) groups is 1. The lowest BCUT2D eigenvalue weighted by Crippen LogP contribution is -2.05. The lowest BCUT2D eigenvalue weighted by molar-refractivity contribution is 0.402. The third-order valence-corrected chi connectivity index (χ3v) is 4.68. The maximum atomic E-state index is 13.8. The minimum Gasteiger partial charge on any atom is -0.510 e. The maximum Gasteiger partial charge on any atom is 0.152 e. The Kier molecular flexibility index (Phi) is 4.54. The number of hydrogen-bond donors (Lipinski definition) is 2. The fraction of sp³-hybridized carbons (Fsp3) is 0.111. The van der Waals surface area contributed by atoms with E-state index in [1.807, 2.05) is 30.3 Å². The molecule has 3 aromatic rings. The number of imidazole rings is 1. The van der Waals surface area contributed by atoms with Gasteiger partial charge in [0.05, 0.1) is 16.3 Å². The molecule has 0 saturated heterocycles. The zero-order valence-electron chi connectivity index (χ0n) is 12.8. The van der Waals surface area contributed by atoms with Crippen LogP contribution in [0.1, 0.15) is 12.7 Å². The Morgan fingerprint density at radius 2 is 1.96 bits per heavy atom. The third-order valence-electron chi connectivity index (χ3n) is 3.52. The van der Waals surface area contributed by atoms with E-state index in [-0.39, 0.29) is 17.1 Å². The Labute approximate surface area is 142 Å². The van der Waals surface area contributed by atoms with Crippen LogP contribution in [0.3, 0.4) is 0 Å². The average molecular weight is 339 g/mol. The van der Waals surface area contributed by atoms with Crippen molar-refractivity contribution in [1.82, 2.24) is 9.97 Å². The first-order chi connectivity index (χ1) is 11.6. The highest BCUT2D eigenvalue weighted by Gasteiger charge is 2.20. The van der Waals surface area contributed by atoms with E-state index in [1.54, 1.807) is 25.1 Å². The van der Waals surface area contributed by atoms with Crippen molar-refractivity contribution in [2.75, 3.05) is 0 Å². The van der Waals surface area contributed by atoms with Crippen LogP contribution in [-0.4, -0.2) is 20.3 Å². The van der Waals surface area contributed by atoms with Gasteiger partial charge in [-0.05, 0) is 31.2 Å². The number of para-hydroxylation sites is 2. The summed E-state index contributed by atoms with van der Waals surface area (Å²) < 4.78 is 13.8. The molecule has 0 radical (unpaired) electrons. The summed E-state index contributed by atoms with van der Waals surface area (Å²) in [6, 6.07) is 15.7. The van der Waals surface area contributed by atoms with Crippen molar-refractivity contribution in [1.29, 1.82) is 5.26 Å². The number of nitrogens with zero attached hydrogens (tertiary/aromatic N) is 2. The first kappa shape index (κ1) is 16.1. The zero-order valence-corrected chi connectivity index (χ0v) is 13.6. The summed E-state index contributed by atoms with van der Waals surface area (Å²) in [5, 5.41) is 19.4. The smallest absolute Gasteiger partial charge is 0.152 e. The molecule has 4 nitrogen and oxygen atoms in total. The first-order valence-corrected chi connectivity index (χ1v) is 8.17. The number of fused-ring (bicyclic) bond motifs is 1. The fourth-order valence-electron chi connectivity index (χ4n) is 2.29. The number of nitrogens with one attached hydrogen (secondary N) is 1. The first-order valence-electron chi connectivity index (χ1n) is 7.29. The van der Waals surface area contributed by atoms with Crippen LogP contribution >= 0.6 is 11.8 Å². The van der Waals surface area contributed by atoms with E-state index in [0.29, 0.717) is 16.2 Å². The van der Waals surface area contributed by atoms with E-state index < -0.39 is 5.25 Å². The standard InChI is InChI=1S/C18H14FN3OS/c1-11(24-16-9-5-2-6-13(16)19)17(23)12(10-20)18-21-14-7-3-4-8-15(14)22-18/h2-9,11,23H,1H3,(H,21,22)/b17-12+. The summed E-state index contributed by atoms with van der Waals surface area (Å²) in [5.41, 5.74) is 1.55. The van der Waals surface area contributed by atoms with Crippen LogP contribution in [0.2, 0.25) is 0 Å². The predicted molar refractivity (Wildman–Crippen MR) is 93.0 cm³/mol. The van der Waals surface area contributed by atoms with Gasteiger partial charge in [-0.3, -0.25) is 0 Å². The molecular formula is C18H14FN3OS. The molecule has 0 saturated carbocycles. The van der Waals surface area contributed by atoms with Crippen molar-refractivity contribution >= 4 is 28.4 Å².